The molecular formula is C29H34F2N4O5. The summed E-state index contributed by atoms with van der Waals surface area (Å²) >= 11 is 0. The number of hydrogen-bond acceptors (Lipinski definition) is 6. The molecule has 3 atom stereocenters. The summed E-state index contributed by atoms with van der Waals surface area (Å²) in [7, 11) is 1.58. The first-order valence-electron chi connectivity index (χ1n) is 13.5. The van der Waals surface area contributed by atoms with Gasteiger partial charge in [0.1, 0.15) is 18.2 Å². The second-order valence-electron chi connectivity index (χ2n) is 10.6. The highest BCUT2D eigenvalue weighted by Gasteiger charge is 2.40. The predicted octanol–water partition coefficient (Wildman–Crippen LogP) is 5.72. The molecule has 0 bridgehead atoms. The van der Waals surface area contributed by atoms with E-state index in [1.807, 2.05) is 49.4 Å². The zero-order valence-electron chi connectivity index (χ0n) is 22.6. The van der Waals surface area contributed by atoms with E-state index in [0.717, 1.165) is 11.1 Å². The fraction of sp³-hybridized carbons (Fsp3) is 0.483. The number of fused-ring (bicyclic) bond motifs is 1. The van der Waals surface area contributed by atoms with Crippen LogP contribution in [0.25, 0.3) is 11.1 Å². The van der Waals surface area contributed by atoms with E-state index in [9.17, 15) is 18.4 Å². The largest absolute Gasteiger partial charge is 0.445 e. The maximum absolute atomic E-state index is 14.0. The smallest absolute Gasteiger partial charge is 0.408 e. The molecule has 2 aromatic carbocycles. The summed E-state index contributed by atoms with van der Waals surface area (Å²) in [6.45, 7) is 2.85. The molecule has 2 heterocycles. The molecule has 0 radical (unpaired) electrons. The third kappa shape index (κ3) is 6.35. The number of alkyl halides is 2. The van der Waals surface area contributed by atoms with Crippen LogP contribution in [-0.2, 0) is 16.1 Å². The van der Waals surface area contributed by atoms with E-state index < -0.39 is 18.1 Å². The third-order valence-corrected chi connectivity index (χ3v) is 7.60. The highest BCUT2D eigenvalue weighted by atomic mass is 19.3. The molecule has 40 heavy (non-hydrogen) atoms. The Morgan fingerprint density at radius 3 is 2.65 bits per heavy atom. The van der Waals surface area contributed by atoms with Crippen molar-refractivity contribution in [2.45, 2.75) is 63.3 Å². The number of carbonyl (C=O) groups excluding carboxylic acids is 2. The number of urea groups is 1. The number of benzene rings is 2. The number of nitrogens with one attached hydrogen (secondary N) is 2. The Hall–Kier alpha value is -3.73. The molecule has 2 fully saturated rings. The van der Waals surface area contributed by atoms with Crippen LogP contribution in [0.2, 0.25) is 0 Å². The number of oxazole rings is 1. The molecule has 0 spiro atoms. The van der Waals surface area contributed by atoms with E-state index in [0.29, 0.717) is 24.3 Å². The van der Waals surface area contributed by atoms with Gasteiger partial charge in [-0.2, -0.15) is 0 Å². The number of ether oxygens (including phenoxy) is 2. The van der Waals surface area contributed by atoms with Crippen LogP contribution in [0, 0.1) is 5.92 Å². The van der Waals surface area contributed by atoms with Gasteiger partial charge in [0.15, 0.2) is 5.58 Å². The van der Waals surface area contributed by atoms with Gasteiger partial charge in [-0.1, -0.05) is 36.4 Å². The van der Waals surface area contributed by atoms with Crippen LogP contribution in [0.5, 0.6) is 0 Å². The van der Waals surface area contributed by atoms with Gasteiger partial charge in [0.25, 0.3) is 0 Å². The van der Waals surface area contributed by atoms with Crippen LogP contribution in [0.15, 0.2) is 52.9 Å². The maximum atomic E-state index is 14.0. The van der Waals surface area contributed by atoms with Gasteiger partial charge < -0.3 is 29.4 Å². The van der Waals surface area contributed by atoms with Gasteiger partial charge in [-0.25, -0.2) is 23.4 Å². The number of nitrogens with zero attached hydrogens (tertiary/aromatic N) is 2. The molecule has 3 aromatic rings. The minimum absolute atomic E-state index is 0.0191. The van der Waals surface area contributed by atoms with Crippen molar-refractivity contribution in [3.8, 4) is 0 Å². The van der Waals surface area contributed by atoms with Gasteiger partial charge >= 0.3 is 12.1 Å². The molecule has 11 heteroatoms. The molecule has 1 aliphatic heterocycles. The third-order valence-electron chi connectivity index (χ3n) is 7.60. The molecule has 9 nitrogen and oxygen atoms in total. The lowest BCUT2D eigenvalue weighted by Gasteiger charge is -2.32. The van der Waals surface area contributed by atoms with E-state index in [2.05, 4.69) is 15.6 Å². The first kappa shape index (κ1) is 27.8. The van der Waals surface area contributed by atoms with E-state index >= 15 is 0 Å². The highest BCUT2D eigenvalue weighted by Crippen LogP contribution is 2.42. The minimum atomic E-state index is -2.72. The van der Waals surface area contributed by atoms with Crippen molar-refractivity contribution in [3.63, 3.8) is 0 Å². The van der Waals surface area contributed by atoms with Crippen LogP contribution in [-0.4, -0.2) is 54.2 Å². The van der Waals surface area contributed by atoms with Gasteiger partial charge in [-0.15, -0.1) is 0 Å². The first-order chi connectivity index (χ1) is 19.2. The van der Waals surface area contributed by atoms with Crippen molar-refractivity contribution < 1.29 is 32.3 Å². The van der Waals surface area contributed by atoms with Crippen LogP contribution in [0.3, 0.4) is 0 Å². The number of halogens is 2. The van der Waals surface area contributed by atoms with E-state index in [1.54, 1.807) is 18.1 Å². The van der Waals surface area contributed by atoms with Crippen LogP contribution < -0.4 is 10.6 Å². The van der Waals surface area contributed by atoms with Crippen molar-refractivity contribution >= 4 is 23.2 Å². The van der Waals surface area contributed by atoms with Gasteiger partial charge in [-0.05, 0) is 48.9 Å². The van der Waals surface area contributed by atoms with Crippen molar-refractivity contribution in [2.24, 2.45) is 5.92 Å². The summed E-state index contributed by atoms with van der Waals surface area (Å²) in [5.74, 6) is -2.79. The molecule has 1 aliphatic carbocycles. The molecule has 2 aliphatic rings. The van der Waals surface area contributed by atoms with Crippen LogP contribution >= 0.6 is 0 Å². The second kappa shape index (κ2) is 11.8. The second-order valence-corrected chi connectivity index (χ2v) is 10.6. The van der Waals surface area contributed by atoms with Gasteiger partial charge in [-0.3, -0.25) is 0 Å². The number of amides is 3. The summed E-state index contributed by atoms with van der Waals surface area (Å²) in [4.78, 5) is 31.7. The van der Waals surface area contributed by atoms with Crippen LogP contribution in [0.4, 0.5) is 18.4 Å². The summed E-state index contributed by atoms with van der Waals surface area (Å²) in [5, 5.41) is 5.74. The van der Waals surface area contributed by atoms with Crippen LogP contribution in [0.1, 0.15) is 61.7 Å². The molecule has 2 N–H and O–H groups in total. The molecule has 1 saturated heterocycles. The topological polar surface area (TPSA) is 106 Å². The predicted molar refractivity (Wildman–Crippen MR) is 143 cm³/mol. The number of aromatic nitrogens is 1. The normalized spacial score (nSPS) is 20.8. The number of hydrogen-bond donors (Lipinski definition) is 2. The van der Waals surface area contributed by atoms with E-state index in [1.165, 1.54) is 0 Å². The van der Waals surface area contributed by atoms with E-state index in [4.69, 9.17) is 13.9 Å². The molecule has 214 valence electrons. The number of carbonyl (C=O) groups is 2. The average molecular weight is 557 g/mol. The molecular weight excluding hydrogens is 522 g/mol. The van der Waals surface area contributed by atoms with Crippen molar-refractivity contribution in [1.82, 2.24) is 20.5 Å². The Morgan fingerprint density at radius 2 is 1.98 bits per heavy atom. The van der Waals surface area contributed by atoms with Gasteiger partial charge in [0.2, 0.25) is 11.8 Å². The minimum Gasteiger partial charge on any atom is -0.445 e. The number of rotatable bonds is 9. The Labute approximate surface area is 231 Å². The lowest BCUT2D eigenvalue weighted by atomic mass is 9.82. The van der Waals surface area contributed by atoms with Crippen molar-refractivity contribution in [3.05, 3.63) is 65.5 Å². The van der Waals surface area contributed by atoms with Crippen molar-refractivity contribution in [1.29, 1.82) is 0 Å². The molecule has 5 rings (SSSR count). The quantitative estimate of drug-likeness (QED) is 0.349. The van der Waals surface area contributed by atoms with Gasteiger partial charge in [0.05, 0.1) is 12.6 Å². The van der Waals surface area contributed by atoms with Crippen molar-refractivity contribution in [2.75, 3.05) is 20.3 Å². The molecule has 1 saturated carbocycles. The summed E-state index contributed by atoms with van der Waals surface area (Å²) < 4.78 is 44.8. The number of methoxy groups -OCH3 is 1. The standard InChI is InChI=1S/C29H34F2N4O5/c1-18-15-35(27(36)32-18)23(17-38-2)21-8-9-24-22(14-21)33-26(40-24)25(20-10-12-29(30,31)13-11-20)34-28(37)39-16-19-6-4-3-5-7-19/h3-9,14,18,20,23,25H,10-13,15-17H2,1-2H3,(H,32,36)(H,34,37)/t18-,23-,25+/m1/s1. The molecule has 3 amide bonds. The Bertz CT molecular complexity index is 1320. The monoisotopic (exact) mass is 556 g/mol. The fourth-order valence-electron chi connectivity index (χ4n) is 5.48. The number of alkyl carbamates (subject to hydrolysis) is 1. The highest BCUT2D eigenvalue weighted by molar-refractivity contribution is 5.78. The van der Waals surface area contributed by atoms with E-state index in [-0.39, 0.29) is 62.2 Å². The summed E-state index contributed by atoms with van der Waals surface area (Å²) in [6, 6.07) is 13.5. The summed E-state index contributed by atoms with van der Waals surface area (Å²) in [6.07, 6.45) is -0.802. The SMILES string of the molecule is COC[C@H](c1ccc2oc([C@@H](NC(=O)OCc3ccccc3)C3CCC(F)(F)CC3)nc2c1)N1C[C@@H](C)NC1=O. The lowest BCUT2D eigenvalue weighted by Crippen LogP contribution is -2.37. The zero-order chi connectivity index (χ0) is 28.3. The average Bonchev–Trinajstić information content (AvgIpc) is 3.51. The zero-order valence-corrected chi connectivity index (χ0v) is 22.6. The van der Waals surface area contributed by atoms with Gasteiger partial charge in [0, 0.05) is 32.5 Å². The first-order valence-corrected chi connectivity index (χ1v) is 13.5. The molecule has 1 aromatic heterocycles. The fourth-order valence-corrected chi connectivity index (χ4v) is 5.48. The Morgan fingerprint density at radius 1 is 1.23 bits per heavy atom. The Kier molecular flexibility index (Phi) is 8.20. The molecule has 0 unspecified atom stereocenters. The summed E-state index contributed by atoms with van der Waals surface area (Å²) in [5.41, 5.74) is 2.67. The Balaban J connectivity index is 1.39. The maximum Gasteiger partial charge on any atom is 0.408 e. The lowest BCUT2D eigenvalue weighted by molar-refractivity contribution is -0.0505.